The van der Waals surface area contributed by atoms with Crippen LogP contribution in [0.5, 0.6) is 0 Å². The standard InChI is InChI=1S/C18H17NO3/c20-17-14-9-5-4-8-13(14)10-15(17)16(18(21)22)19-11-12-6-2-1-3-7-12/h1-9,15-16,19H,10-11H2,(H,21,22). The van der Waals surface area contributed by atoms with Gasteiger partial charge in [-0.3, -0.25) is 14.9 Å². The van der Waals surface area contributed by atoms with Crippen LogP contribution < -0.4 is 5.32 Å². The quantitative estimate of drug-likeness (QED) is 0.888. The Hall–Kier alpha value is -2.46. The minimum atomic E-state index is -0.984. The Balaban J connectivity index is 1.76. The molecule has 3 rings (SSSR count). The van der Waals surface area contributed by atoms with E-state index >= 15 is 0 Å². The van der Waals surface area contributed by atoms with E-state index in [0.29, 0.717) is 18.5 Å². The lowest BCUT2D eigenvalue weighted by Crippen LogP contribution is -2.44. The molecule has 4 heteroatoms. The van der Waals surface area contributed by atoms with E-state index in [1.165, 1.54) is 0 Å². The van der Waals surface area contributed by atoms with Crippen LogP contribution in [-0.2, 0) is 17.8 Å². The van der Waals surface area contributed by atoms with Crippen molar-refractivity contribution < 1.29 is 14.7 Å². The molecule has 0 saturated carbocycles. The van der Waals surface area contributed by atoms with Crippen molar-refractivity contribution in [1.29, 1.82) is 0 Å². The number of carbonyl (C=O) groups is 2. The van der Waals surface area contributed by atoms with Gasteiger partial charge in [0.05, 0.1) is 5.92 Å². The summed E-state index contributed by atoms with van der Waals surface area (Å²) in [5.41, 5.74) is 2.59. The summed E-state index contributed by atoms with van der Waals surface area (Å²) in [7, 11) is 0. The van der Waals surface area contributed by atoms with Crippen LogP contribution in [0.2, 0.25) is 0 Å². The van der Waals surface area contributed by atoms with Crippen molar-refractivity contribution in [3.8, 4) is 0 Å². The van der Waals surface area contributed by atoms with Gasteiger partial charge in [0.15, 0.2) is 5.78 Å². The molecule has 1 aliphatic carbocycles. The van der Waals surface area contributed by atoms with Gasteiger partial charge >= 0.3 is 5.97 Å². The van der Waals surface area contributed by atoms with Gasteiger partial charge in [-0.05, 0) is 17.5 Å². The smallest absolute Gasteiger partial charge is 0.321 e. The van der Waals surface area contributed by atoms with E-state index in [9.17, 15) is 14.7 Å². The van der Waals surface area contributed by atoms with Crippen molar-refractivity contribution in [3.05, 3.63) is 71.3 Å². The van der Waals surface area contributed by atoms with E-state index in [0.717, 1.165) is 11.1 Å². The summed E-state index contributed by atoms with van der Waals surface area (Å²) in [4.78, 5) is 24.0. The highest BCUT2D eigenvalue weighted by Gasteiger charge is 2.39. The first kappa shape index (κ1) is 14.5. The molecule has 0 aromatic heterocycles. The van der Waals surface area contributed by atoms with Crippen LogP contribution in [0.4, 0.5) is 0 Å². The number of rotatable bonds is 5. The molecule has 112 valence electrons. The fraction of sp³-hybridized carbons (Fsp3) is 0.222. The molecule has 0 spiro atoms. The fourth-order valence-corrected chi connectivity index (χ4v) is 2.96. The minimum absolute atomic E-state index is 0.0800. The highest BCUT2D eigenvalue weighted by Crippen LogP contribution is 2.29. The topological polar surface area (TPSA) is 66.4 Å². The van der Waals surface area contributed by atoms with Gasteiger partial charge in [0.25, 0.3) is 0 Å². The van der Waals surface area contributed by atoms with Gasteiger partial charge in [0.2, 0.25) is 0 Å². The van der Waals surface area contributed by atoms with Gasteiger partial charge in [-0.2, -0.15) is 0 Å². The third-order valence-electron chi connectivity index (χ3n) is 4.10. The molecule has 2 unspecified atom stereocenters. The molecule has 0 amide bonds. The highest BCUT2D eigenvalue weighted by atomic mass is 16.4. The molecular weight excluding hydrogens is 278 g/mol. The molecule has 0 fully saturated rings. The number of nitrogens with one attached hydrogen (secondary N) is 1. The monoisotopic (exact) mass is 295 g/mol. The lowest BCUT2D eigenvalue weighted by molar-refractivity contribution is -0.140. The predicted molar refractivity (Wildman–Crippen MR) is 82.7 cm³/mol. The van der Waals surface area contributed by atoms with Gasteiger partial charge in [-0.1, -0.05) is 54.6 Å². The Morgan fingerprint density at radius 2 is 1.82 bits per heavy atom. The van der Waals surface area contributed by atoms with E-state index in [1.54, 1.807) is 6.07 Å². The van der Waals surface area contributed by atoms with E-state index in [-0.39, 0.29) is 5.78 Å². The van der Waals surface area contributed by atoms with Crippen LogP contribution in [-0.4, -0.2) is 22.9 Å². The number of Topliss-reactive ketones (excluding diaryl/α,β-unsaturated/α-hetero) is 1. The van der Waals surface area contributed by atoms with Crippen LogP contribution in [0.1, 0.15) is 21.5 Å². The first-order valence-electron chi connectivity index (χ1n) is 7.29. The van der Waals surface area contributed by atoms with Gasteiger partial charge in [-0.15, -0.1) is 0 Å². The zero-order valence-corrected chi connectivity index (χ0v) is 12.0. The molecule has 0 bridgehead atoms. The summed E-state index contributed by atoms with van der Waals surface area (Å²) in [6, 6.07) is 16.1. The Kier molecular flexibility index (Phi) is 4.02. The predicted octanol–water partition coefficient (Wildman–Crippen LogP) is 2.28. The van der Waals surface area contributed by atoms with E-state index in [2.05, 4.69) is 5.32 Å². The Bertz CT molecular complexity index is 696. The maximum atomic E-state index is 12.5. The third-order valence-corrected chi connectivity index (χ3v) is 4.10. The zero-order chi connectivity index (χ0) is 15.5. The van der Waals surface area contributed by atoms with Crippen molar-refractivity contribution in [1.82, 2.24) is 5.32 Å². The second-order valence-corrected chi connectivity index (χ2v) is 5.51. The Labute approximate surface area is 128 Å². The van der Waals surface area contributed by atoms with Gasteiger partial charge in [0.1, 0.15) is 6.04 Å². The second-order valence-electron chi connectivity index (χ2n) is 5.51. The van der Waals surface area contributed by atoms with E-state index < -0.39 is 17.9 Å². The fourth-order valence-electron chi connectivity index (χ4n) is 2.96. The first-order chi connectivity index (χ1) is 10.7. The highest BCUT2D eigenvalue weighted by molar-refractivity contribution is 6.04. The van der Waals surface area contributed by atoms with Crippen LogP contribution in [0, 0.1) is 5.92 Å². The molecule has 2 aromatic rings. The van der Waals surface area contributed by atoms with Crippen molar-refractivity contribution in [2.75, 3.05) is 0 Å². The first-order valence-corrected chi connectivity index (χ1v) is 7.29. The molecule has 2 atom stereocenters. The normalized spacial score (nSPS) is 18.0. The van der Waals surface area contributed by atoms with Crippen molar-refractivity contribution in [2.24, 2.45) is 5.92 Å². The lowest BCUT2D eigenvalue weighted by atomic mass is 9.95. The molecule has 0 aliphatic heterocycles. The van der Waals surface area contributed by atoms with Crippen LogP contribution >= 0.6 is 0 Å². The second kappa shape index (κ2) is 6.12. The number of carbonyl (C=O) groups excluding carboxylic acids is 1. The molecule has 0 radical (unpaired) electrons. The van der Waals surface area contributed by atoms with Crippen LogP contribution in [0.25, 0.3) is 0 Å². The number of fused-ring (bicyclic) bond motifs is 1. The largest absolute Gasteiger partial charge is 0.480 e. The van der Waals surface area contributed by atoms with Crippen LogP contribution in [0.3, 0.4) is 0 Å². The van der Waals surface area contributed by atoms with Crippen molar-refractivity contribution in [3.63, 3.8) is 0 Å². The molecule has 2 aromatic carbocycles. The van der Waals surface area contributed by atoms with Crippen molar-refractivity contribution in [2.45, 2.75) is 19.0 Å². The summed E-state index contributed by atoms with van der Waals surface area (Å²) in [5, 5.41) is 12.5. The summed E-state index contributed by atoms with van der Waals surface area (Å²) in [5.74, 6) is -1.61. The summed E-state index contributed by atoms with van der Waals surface area (Å²) < 4.78 is 0. The van der Waals surface area contributed by atoms with Gasteiger partial charge in [0, 0.05) is 12.1 Å². The van der Waals surface area contributed by atoms with Gasteiger partial charge in [-0.25, -0.2) is 0 Å². The molecule has 2 N–H and O–H groups in total. The molecular formula is C18H17NO3. The average Bonchev–Trinajstić information content (AvgIpc) is 2.86. The summed E-state index contributed by atoms with van der Waals surface area (Å²) in [6.45, 7) is 0.429. The number of hydrogen-bond donors (Lipinski definition) is 2. The number of ketones is 1. The molecule has 22 heavy (non-hydrogen) atoms. The minimum Gasteiger partial charge on any atom is -0.480 e. The van der Waals surface area contributed by atoms with Crippen LogP contribution in [0.15, 0.2) is 54.6 Å². The number of aliphatic carboxylic acids is 1. The Morgan fingerprint density at radius 1 is 1.14 bits per heavy atom. The number of benzene rings is 2. The molecule has 1 aliphatic rings. The Morgan fingerprint density at radius 3 is 2.50 bits per heavy atom. The van der Waals surface area contributed by atoms with Crippen molar-refractivity contribution >= 4 is 11.8 Å². The summed E-state index contributed by atoms with van der Waals surface area (Å²) >= 11 is 0. The molecule has 0 heterocycles. The SMILES string of the molecule is O=C1c2ccccc2CC1C(NCc1ccccc1)C(=O)O. The number of carboxylic acids is 1. The lowest BCUT2D eigenvalue weighted by Gasteiger charge is -2.19. The molecule has 4 nitrogen and oxygen atoms in total. The van der Waals surface area contributed by atoms with E-state index in [1.807, 2.05) is 48.5 Å². The average molecular weight is 295 g/mol. The summed E-state index contributed by atoms with van der Waals surface area (Å²) in [6.07, 6.45) is 0.480. The van der Waals surface area contributed by atoms with Gasteiger partial charge < -0.3 is 5.11 Å². The third kappa shape index (κ3) is 2.78. The number of hydrogen-bond acceptors (Lipinski definition) is 3. The number of carboxylic acid groups (broad SMARTS) is 1. The van der Waals surface area contributed by atoms with E-state index in [4.69, 9.17) is 0 Å². The maximum Gasteiger partial charge on any atom is 0.321 e. The maximum absolute atomic E-state index is 12.5. The molecule has 0 saturated heterocycles. The zero-order valence-electron chi connectivity index (χ0n) is 12.0.